The predicted octanol–water partition coefficient (Wildman–Crippen LogP) is 2.53. The number of anilines is 2. The largest absolute Gasteiger partial charge is 0.384 e. The van der Waals surface area contributed by atoms with E-state index in [2.05, 4.69) is 16.4 Å². The SMILES string of the molecule is Cc1cc(C)cc(NC(=O)c2cccc(N)n2)c1. The second-order valence-corrected chi connectivity index (χ2v) is 4.28. The molecule has 0 saturated heterocycles. The number of nitrogens with two attached hydrogens (primary N) is 1. The number of nitrogens with one attached hydrogen (secondary N) is 1. The molecular weight excluding hydrogens is 226 g/mol. The predicted molar refractivity (Wildman–Crippen MR) is 72.5 cm³/mol. The number of aryl methyl sites for hydroxylation is 2. The summed E-state index contributed by atoms with van der Waals surface area (Å²) in [5, 5.41) is 2.81. The Bertz CT molecular complexity index is 573. The van der Waals surface area contributed by atoms with E-state index < -0.39 is 0 Å². The number of hydrogen-bond donors (Lipinski definition) is 2. The number of hydrogen-bond acceptors (Lipinski definition) is 3. The van der Waals surface area contributed by atoms with Gasteiger partial charge in [0.2, 0.25) is 0 Å². The van der Waals surface area contributed by atoms with Gasteiger partial charge in [-0.2, -0.15) is 0 Å². The number of nitrogens with zero attached hydrogens (tertiary/aromatic N) is 1. The van der Waals surface area contributed by atoms with Gasteiger partial charge in [0.1, 0.15) is 11.5 Å². The van der Waals surface area contributed by atoms with Crippen LogP contribution in [0.3, 0.4) is 0 Å². The van der Waals surface area contributed by atoms with E-state index in [9.17, 15) is 4.79 Å². The molecule has 3 N–H and O–H groups in total. The molecule has 92 valence electrons. The van der Waals surface area contributed by atoms with Crippen LogP contribution in [0.2, 0.25) is 0 Å². The lowest BCUT2D eigenvalue weighted by Gasteiger charge is -2.07. The first-order valence-electron chi connectivity index (χ1n) is 5.67. The van der Waals surface area contributed by atoms with Gasteiger partial charge >= 0.3 is 0 Å². The average Bonchev–Trinajstić information content (AvgIpc) is 2.27. The molecular formula is C14H15N3O. The third kappa shape index (κ3) is 2.85. The van der Waals surface area contributed by atoms with Crippen LogP contribution in [-0.4, -0.2) is 10.9 Å². The van der Waals surface area contributed by atoms with E-state index in [-0.39, 0.29) is 5.91 Å². The fourth-order valence-electron chi connectivity index (χ4n) is 1.82. The van der Waals surface area contributed by atoms with Crippen molar-refractivity contribution < 1.29 is 4.79 Å². The molecule has 1 amide bonds. The summed E-state index contributed by atoms with van der Waals surface area (Å²) in [5.74, 6) is 0.0790. The van der Waals surface area contributed by atoms with Gasteiger partial charge in [-0.3, -0.25) is 4.79 Å². The summed E-state index contributed by atoms with van der Waals surface area (Å²) in [6, 6.07) is 10.9. The van der Waals surface area contributed by atoms with Gasteiger partial charge in [0.25, 0.3) is 5.91 Å². The quantitative estimate of drug-likeness (QED) is 0.849. The topological polar surface area (TPSA) is 68.0 Å². The average molecular weight is 241 g/mol. The van der Waals surface area contributed by atoms with Gasteiger partial charge in [-0.25, -0.2) is 4.98 Å². The molecule has 4 heteroatoms. The molecule has 0 aliphatic rings. The van der Waals surface area contributed by atoms with Gasteiger partial charge in [-0.1, -0.05) is 12.1 Å². The van der Waals surface area contributed by atoms with Crippen molar-refractivity contribution in [3.05, 3.63) is 53.2 Å². The molecule has 0 radical (unpaired) electrons. The Morgan fingerprint density at radius 3 is 2.44 bits per heavy atom. The lowest BCUT2D eigenvalue weighted by molar-refractivity contribution is 0.102. The Morgan fingerprint density at radius 2 is 1.83 bits per heavy atom. The number of aromatic nitrogens is 1. The maximum Gasteiger partial charge on any atom is 0.274 e. The highest BCUT2D eigenvalue weighted by molar-refractivity contribution is 6.03. The number of benzene rings is 1. The van der Waals surface area contributed by atoms with Crippen LogP contribution in [0.5, 0.6) is 0 Å². The number of pyridine rings is 1. The van der Waals surface area contributed by atoms with Crippen molar-refractivity contribution in [1.82, 2.24) is 4.98 Å². The normalized spacial score (nSPS) is 10.1. The highest BCUT2D eigenvalue weighted by atomic mass is 16.1. The summed E-state index contributed by atoms with van der Waals surface area (Å²) in [6.45, 7) is 3.98. The Balaban J connectivity index is 2.21. The van der Waals surface area contributed by atoms with Crippen molar-refractivity contribution in [2.45, 2.75) is 13.8 Å². The van der Waals surface area contributed by atoms with Crippen LogP contribution in [0.1, 0.15) is 21.6 Å². The van der Waals surface area contributed by atoms with Gasteiger partial charge in [-0.05, 0) is 49.2 Å². The summed E-state index contributed by atoms with van der Waals surface area (Å²) in [6.07, 6.45) is 0. The molecule has 0 aliphatic heterocycles. The van der Waals surface area contributed by atoms with E-state index in [1.165, 1.54) is 0 Å². The Hall–Kier alpha value is -2.36. The summed E-state index contributed by atoms with van der Waals surface area (Å²) < 4.78 is 0. The minimum absolute atomic E-state index is 0.257. The first-order valence-corrected chi connectivity index (χ1v) is 5.67. The second-order valence-electron chi connectivity index (χ2n) is 4.28. The van der Waals surface area contributed by atoms with Gasteiger partial charge < -0.3 is 11.1 Å². The van der Waals surface area contributed by atoms with Crippen LogP contribution in [0, 0.1) is 13.8 Å². The van der Waals surface area contributed by atoms with Crippen LogP contribution >= 0.6 is 0 Å². The zero-order valence-electron chi connectivity index (χ0n) is 10.4. The molecule has 0 saturated carbocycles. The first-order chi connectivity index (χ1) is 8.54. The molecule has 2 aromatic rings. The van der Waals surface area contributed by atoms with E-state index in [1.54, 1.807) is 18.2 Å². The maximum absolute atomic E-state index is 12.0. The van der Waals surface area contributed by atoms with E-state index in [0.717, 1.165) is 16.8 Å². The Morgan fingerprint density at radius 1 is 1.17 bits per heavy atom. The Kier molecular flexibility index (Phi) is 3.28. The van der Waals surface area contributed by atoms with Gasteiger partial charge in [0, 0.05) is 5.69 Å². The van der Waals surface area contributed by atoms with Crippen LogP contribution in [-0.2, 0) is 0 Å². The zero-order chi connectivity index (χ0) is 13.1. The molecule has 1 aromatic heterocycles. The first kappa shape index (κ1) is 12.1. The number of nitrogen functional groups attached to an aromatic ring is 1. The smallest absolute Gasteiger partial charge is 0.274 e. The van der Waals surface area contributed by atoms with Crippen molar-refractivity contribution in [3.63, 3.8) is 0 Å². The minimum atomic E-state index is -0.257. The second kappa shape index (κ2) is 4.87. The molecule has 0 aliphatic carbocycles. The van der Waals surface area contributed by atoms with Crippen molar-refractivity contribution in [1.29, 1.82) is 0 Å². The zero-order valence-corrected chi connectivity index (χ0v) is 10.4. The van der Waals surface area contributed by atoms with Crippen LogP contribution in [0.4, 0.5) is 11.5 Å². The highest BCUT2D eigenvalue weighted by Gasteiger charge is 2.08. The maximum atomic E-state index is 12.0. The van der Waals surface area contributed by atoms with Crippen LogP contribution in [0.15, 0.2) is 36.4 Å². The summed E-state index contributed by atoms with van der Waals surface area (Å²) in [4.78, 5) is 15.9. The lowest BCUT2D eigenvalue weighted by Crippen LogP contribution is -2.14. The van der Waals surface area contributed by atoms with Gasteiger partial charge in [0.15, 0.2) is 0 Å². The molecule has 0 fully saturated rings. The van der Waals surface area contributed by atoms with Gasteiger partial charge in [0.05, 0.1) is 0 Å². The Labute approximate surface area is 106 Å². The van der Waals surface area contributed by atoms with Crippen LogP contribution < -0.4 is 11.1 Å². The fraction of sp³-hybridized carbons (Fsp3) is 0.143. The van der Waals surface area contributed by atoms with E-state index >= 15 is 0 Å². The van der Waals surface area contributed by atoms with E-state index in [1.807, 2.05) is 26.0 Å². The summed E-state index contributed by atoms with van der Waals surface area (Å²) in [5.41, 5.74) is 8.83. The molecule has 0 unspecified atom stereocenters. The standard InChI is InChI=1S/C14H15N3O/c1-9-6-10(2)8-11(7-9)16-14(18)12-4-3-5-13(15)17-12/h3-8H,1-2H3,(H2,15,17)(H,16,18). The van der Waals surface area contributed by atoms with Gasteiger partial charge in [-0.15, -0.1) is 0 Å². The molecule has 18 heavy (non-hydrogen) atoms. The molecule has 1 heterocycles. The molecule has 4 nitrogen and oxygen atoms in total. The lowest BCUT2D eigenvalue weighted by atomic mass is 10.1. The van der Waals surface area contributed by atoms with Crippen molar-refractivity contribution in [2.75, 3.05) is 11.1 Å². The molecule has 0 bridgehead atoms. The molecule has 1 aromatic carbocycles. The summed E-state index contributed by atoms with van der Waals surface area (Å²) >= 11 is 0. The number of carbonyl (C=O) groups is 1. The van der Waals surface area contributed by atoms with E-state index in [4.69, 9.17) is 5.73 Å². The van der Waals surface area contributed by atoms with Crippen molar-refractivity contribution >= 4 is 17.4 Å². The highest BCUT2D eigenvalue weighted by Crippen LogP contribution is 2.14. The van der Waals surface area contributed by atoms with Crippen molar-refractivity contribution in [3.8, 4) is 0 Å². The summed E-state index contributed by atoms with van der Waals surface area (Å²) in [7, 11) is 0. The monoisotopic (exact) mass is 241 g/mol. The third-order valence-electron chi connectivity index (χ3n) is 2.48. The number of carbonyl (C=O) groups excluding carboxylic acids is 1. The minimum Gasteiger partial charge on any atom is -0.384 e. The van der Waals surface area contributed by atoms with E-state index in [0.29, 0.717) is 11.5 Å². The van der Waals surface area contributed by atoms with Crippen molar-refractivity contribution in [2.24, 2.45) is 0 Å². The number of amides is 1. The fourth-order valence-corrected chi connectivity index (χ4v) is 1.82. The number of rotatable bonds is 2. The molecule has 0 spiro atoms. The third-order valence-corrected chi connectivity index (χ3v) is 2.48. The molecule has 0 atom stereocenters. The molecule has 2 rings (SSSR count). The van der Waals surface area contributed by atoms with Crippen LogP contribution in [0.25, 0.3) is 0 Å².